The second-order valence-corrected chi connectivity index (χ2v) is 2.15. The van der Waals surface area contributed by atoms with Crippen molar-refractivity contribution in [2.45, 2.75) is 12.3 Å². The Bertz CT molecular complexity index is 223. The van der Waals surface area contributed by atoms with Gasteiger partial charge in [-0.1, -0.05) is 10.4 Å². The molecule has 0 bridgehead atoms. The van der Waals surface area contributed by atoms with E-state index in [0.29, 0.717) is 0 Å². The fourth-order valence-corrected chi connectivity index (χ4v) is 0.817. The van der Waals surface area contributed by atoms with E-state index in [1.165, 1.54) is 0 Å². The third kappa shape index (κ3) is 1.10. The number of hydrazine groups is 2. The van der Waals surface area contributed by atoms with Crippen LogP contribution in [0.25, 0.3) is 0 Å². The van der Waals surface area contributed by atoms with E-state index in [2.05, 4.69) is 42.6 Å². The fraction of sp³-hybridized carbons (Fsp3) is 0.667. The molecule has 64 valence electrons. The summed E-state index contributed by atoms with van der Waals surface area (Å²) in [6.45, 7) is 0. The molecule has 0 spiro atoms. The normalized spacial score (nSPS) is 31.7. The van der Waals surface area contributed by atoms with Gasteiger partial charge in [0.1, 0.15) is 0 Å². The number of nitrogens with zero attached hydrogens (tertiary/aromatic N) is 4. The van der Waals surface area contributed by atoms with Gasteiger partial charge in [0.15, 0.2) is 0 Å². The topological polar surface area (TPSA) is 115 Å². The molecular weight excluding hydrogens is 164 g/mol. The van der Waals surface area contributed by atoms with Gasteiger partial charge in [0, 0.05) is 0 Å². The van der Waals surface area contributed by atoms with E-state index >= 15 is 0 Å². The Morgan fingerprint density at radius 1 is 1.00 bits per heavy atom. The van der Waals surface area contributed by atoms with Crippen molar-refractivity contribution in [3.05, 3.63) is 0 Å². The molecule has 0 saturated carbocycles. The van der Waals surface area contributed by atoms with Crippen LogP contribution in [0.5, 0.6) is 0 Å². The third-order valence-electron chi connectivity index (χ3n) is 1.39. The zero-order valence-electron chi connectivity index (χ0n) is 5.85. The van der Waals surface area contributed by atoms with Crippen LogP contribution < -0.4 is 21.9 Å². The molecule has 2 aliphatic rings. The van der Waals surface area contributed by atoms with Gasteiger partial charge in [0.05, 0.1) is 0 Å². The largest absolute Gasteiger partial charge is 0.291 e. The minimum Gasteiger partial charge on any atom is -0.291 e. The molecule has 9 nitrogen and oxygen atoms in total. The van der Waals surface area contributed by atoms with Gasteiger partial charge in [-0.3, -0.25) is 4.79 Å². The second kappa shape index (κ2) is 2.79. The van der Waals surface area contributed by atoms with Gasteiger partial charge < -0.3 is 0 Å². The number of Topliss-reactive ketones (excluding diaryl/α,β-unsaturated/α-hetero) is 1. The standard InChI is InChI=1S/C3H6N8O/c12-1(2-4-8-9-5-2)3-6-10-11-7-3/h2-3H,(H,4,9)(H,5,8)(H,6,11)(H,7,10). The molecule has 0 radical (unpaired) electrons. The summed E-state index contributed by atoms with van der Waals surface area (Å²) in [6.07, 6.45) is -1.39. The van der Waals surface area contributed by atoms with Gasteiger partial charge in [-0.2, -0.15) is 10.9 Å². The Labute approximate surface area is 66.6 Å². The molecule has 2 aliphatic heterocycles. The van der Waals surface area contributed by atoms with Crippen LogP contribution in [-0.4, -0.2) is 18.1 Å². The zero-order valence-corrected chi connectivity index (χ0v) is 5.85. The number of hydrogen-bond acceptors (Lipinski definition) is 9. The Morgan fingerprint density at radius 3 is 1.83 bits per heavy atom. The summed E-state index contributed by atoms with van der Waals surface area (Å²) in [6, 6.07) is 0. The van der Waals surface area contributed by atoms with Crippen LogP contribution in [0, 0.1) is 0 Å². The highest BCUT2D eigenvalue weighted by Crippen LogP contribution is 2.01. The summed E-state index contributed by atoms with van der Waals surface area (Å²) in [4.78, 5) is 11.3. The highest BCUT2D eigenvalue weighted by atomic mass is 16.1. The molecule has 9 heteroatoms. The summed E-state index contributed by atoms with van der Waals surface area (Å²) >= 11 is 0. The van der Waals surface area contributed by atoms with Crippen molar-refractivity contribution in [1.82, 2.24) is 21.9 Å². The smallest absolute Gasteiger partial charge is 0.218 e. The average molecular weight is 170 g/mol. The van der Waals surface area contributed by atoms with Gasteiger partial charge in [0.2, 0.25) is 18.1 Å². The average Bonchev–Trinajstić information content (AvgIpc) is 2.77. The lowest BCUT2D eigenvalue weighted by Crippen LogP contribution is -2.47. The number of rotatable bonds is 2. The van der Waals surface area contributed by atoms with Gasteiger partial charge in [0.25, 0.3) is 0 Å². The highest BCUT2D eigenvalue weighted by molar-refractivity contribution is 5.88. The predicted molar refractivity (Wildman–Crippen MR) is 34.8 cm³/mol. The lowest BCUT2D eigenvalue weighted by molar-refractivity contribution is -0.122. The van der Waals surface area contributed by atoms with E-state index in [0.717, 1.165) is 0 Å². The molecule has 0 aliphatic carbocycles. The number of nitrogens with one attached hydrogen (secondary N) is 4. The molecule has 0 aromatic carbocycles. The minimum atomic E-state index is -0.693. The molecule has 4 N–H and O–H groups in total. The van der Waals surface area contributed by atoms with Crippen molar-refractivity contribution in [2.75, 3.05) is 0 Å². The lowest BCUT2D eigenvalue weighted by atomic mass is 10.3. The molecule has 2 atom stereocenters. The van der Waals surface area contributed by atoms with Crippen LogP contribution in [0.2, 0.25) is 0 Å². The molecule has 0 fully saturated rings. The minimum absolute atomic E-state index is 0.252. The molecule has 2 heterocycles. The van der Waals surface area contributed by atoms with Crippen molar-refractivity contribution in [1.29, 1.82) is 0 Å². The molecule has 2 rings (SSSR count). The molecule has 0 aromatic heterocycles. The summed E-state index contributed by atoms with van der Waals surface area (Å²) in [5.41, 5.74) is 9.75. The second-order valence-electron chi connectivity index (χ2n) is 2.15. The van der Waals surface area contributed by atoms with Crippen molar-refractivity contribution < 1.29 is 4.79 Å². The summed E-state index contributed by atoms with van der Waals surface area (Å²) in [5, 5.41) is 13.9. The summed E-state index contributed by atoms with van der Waals surface area (Å²) in [5.74, 6) is -0.252. The number of ketones is 1. The van der Waals surface area contributed by atoms with Crippen LogP contribution >= 0.6 is 0 Å². The first-order valence-electron chi connectivity index (χ1n) is 3.22. The molecule has 0 saturated heterocycles. The predicted octanol–water partition coefficient (Wildman–Crippen LogP) is -1.84. The first kappa shape index (κ1) is 7.06. The fourth-order valence-electron chi connectivity index (χ4n) is 0.817. The maximum absolute atomic E-state index is 11.3. The maximum atomic E-state index is 11.3. The van der Waals surface area contributed by atoms with E-state index in [4.69, 9.17) is 0 Å². The Morgan fingerprint density at radius 2 is 1.50 bits per heavy atom. The maximum Gasteiger partial charge on any atom is 0.218 e. The molecule has 2 unspecified atom stereocenters. The Balaban J connectivity index is 1.99. The molecule has 0 aromatic rings. The molecule has 12 heavy (non-hydrogen) atoms. The van der Waals surface area contributed by atoms with E-state index in [-0.39, 0.29) is 5.78 Å². The van der Waals surface area contributed by atoms with E-state index in [1.807, 2.05) is 0 Å². The third-order valence-corrected chi connectivity index (χ3v) is 1.39. The van der Waals surface area contributed by atoms with E-state index in [1.54, 1.807) is 0 Å². The Kier molecular flexibility index (Phi) is 1.64. The van der Waals surface area contributed by atoms with Crippen molar-refractivity contribution in [3.63, 3.8) is 0 Å². The van der Waals surface area contributed by atoms with Crippen LogP contribution in [0.3, 0.4) is 0 Å². The first-order valence-corrected chi connectivity index (χ1v) is 3.22. The summed E-state index contributed by atoms with van der Waals surface area (Å²) < 4.78 is 0. The molecule has 0 amide bonds. The Hall–Kier alpha value is -1.61. The highest BCUT2D eigenvalue weighted by Gasteiger charge is 2.30. The number of hydrogen-bond donors (Lipinski definition) is 4. The van der Waals surface area contributed by atoms with Gasteiger partial charge in [-0.15, -0.1) is 10.2 Å². The van der Waals surface area contributed by atoms with Crippen LogP contribution in [0.4, 0.5) is 0 Å². The van der Waals surface area contributed by atoms with Gasteiger partial charge >= 0.3 is 0 Å². The van der Waals surface area contributed by atoms with Crippen LogP contribution in [0.1, 0.15) is 0 Å². The SMILES string of the molecule is O=C(C1N=NNN1)C1N=NNN1. The first-order chi connectivity index (χ1) is 5.88. The van der Waals surface area contributed by atoms with Crippen molar-refractivity contribution >= 4 is 5.78 Å². The van der Waals surface area contributed by atoms with E-state index in [9.17, 15) is 4.79 Å². The zero-order chi connectivity index (χ0) is 8.39. The van der Waals surface area contributed by atoms with Crippen molar-refractivity contribution in [3.8, 4) is 0 Å². The van der Waals surface area contributed by atoms with Gasteiger partial charge in [-0.05, 0) is 0 Å². The quantitative estimate of drug-likeness (QED) is 0.388. The lowest BCUT2D eigenvalue weighted by Gasteiger charge is -2.06. The molecular formula is C3H6N8O. The van der Waals surface area contributed by atoms with E-state index < -0.39 is 12.3 Å². The summed E-state index contributed by atoms with van der Waals surface area (Å²) in [7, 11) is 0. The van der Waals surface area contributed by atoms with Crippen molar-refractivity contribution in [2.24, 2.45) is 20.7 Å². The van der Waals surface area contributed by atoms with Crippen LogP contribution in [0.15, 0.2) is 20.7 Å². The number of carbonyl (C=O) groups is 1. The van der Waals surface area contributed by atoms with Crippen LogP contribution in [-0.2, 0) is 4.79 Å². The van der Waals surface area contributed by atoms with Gasteiger partial charge in [-0.25, -0.2) is 11.1 Å². The monoisotopic (exact) mass is 170 g/mol. The number of carbonyl (C=O) groups excluding carboxylic acids is 1.